The summed E-state index contributed by atoms with van der Waals surface area (Å²) in [5.41, 5.74) is 8.95. The highest BCUT2D eigenvalue weighted by molar-refractivity contribution is 7.22. The first kappa shape index (κ1) is 18.7. The number of benzene rings is 2. The van der Waals surface area contributed by atoms with Gasteiger partial charge in [-0.3, -0.25) is 0 Å². The van der Waals surface area contributed by atoms with Crippen LogP contribution in [0.5, 0.6) is 10.1 Å². The van der Waals surface area contributed by atoms with Crippen LogP contribution in [0.3, 0.4) is 0 Å². The zero-order valence-corrected chi connectivity index (χ0v) is 19.3. The first-order valence-corrected chi connectivity index (χ1v) is 11.6. The molecular weight excluding hydrogens is 394 g/mol. The summed E-state index contributed by atoms with van der Waals surface area (Å²) in [5, 5.41) is 5.34. The normalized spacial score (nSPS) is 13.4. The molecule has 2 nitrogen and oxygen atoms in total. The fraction of sp³-hybridized carbons (Fsp3) is 0.280. The van der Waals surface area contributed by atoms with Gasteiger partial charge in [0.25, 0.3) is 0 Å². The number of rotatable bonds is 1. The van der Waals surface area contributed by atoms with E-state index in [2.05, 4.69) is 88.2 Å². The molecule has 2 aromatic heterocycles. The van der Waals surface area contributed by atoms with E-state index in [1.54, 1.807) is 22.7 Å². The molecule has 5 rings (SSSR count). The molecule has 0 bridgehead atoms. The van der Waals surface area contributed by atoms with Crippen LogP contribution < -0.4 is 9.64 Å². The van der Waals surface area contributed by atoms with Crippen molar-refractivity contribution < 1.29 is 4.74 Å². The van der Waals surface area contributed by atoms with Crippen molar-refractivity contribution in [3.63, 3.8) is 0 Å². The molecule has 0 unspecified atom stereocenters. The Morgan fingerprint density at radius 2 is 1.59 bits per heavy atom. The minimum absolute atomic E-state index is 0.129. The maximum atomic E-state index is 6.35. The lowest BCUT2D eigenvalue weighted by molar-refractivity contribution is 0.506. The largest absolute Gasteiger partial charge is 0.431 e. The Balaban J connectivity index is 1.81. The molecule has 0 saturated heterocycles. The van der Waals surface area contributed by atoms with Gasteiger partial charge in [0.1, 0.15) is 11.4 Å². The van der Waals surface area contributed by atoms with Crippen molar-refractivity contribution in [2.45, 2.75) is 47.0 Å². The van der Waals surface area contributed by atoms with Crippen molar-refractivity contribution >= 4 is 49.8 Å². The molecule has 3 heterocycles. The third-order valence-corrected chi connectivity index (χ3v) is 7.44. The zero-order chi connectivity index (χ0) is 20.5. The summed E-state index contributed by atoms with van der Waals surface area (Å²) in [6, 6.07) is 13.6. The quantitative estimate of drug-likeness (QED) is 0.269. The topological polar surface area (TPSA) is 12.5 Å². The van der Waals surface area contributed by atoms with Crippen LogP contribution in [0.15, 0.2) is 41.8 Å². The molecule has 0 aliphatic carbocycles. The van der Waals surface area contributed by atoms with Crippen LogP contribution in [0.25, 0.3) is 10.1 Å². The summed E-state index contributed by atoms with van der Waals surface area (Å²) >= 11 is 3.40. The summed E-state index contributed by atoms with van der Waals surface area (Å²) in [6.45, 7) is 13.5. The molecular formula is C25H25NOS2. The summed E-state index contributed by atoms with van der Waals surface area (Å²) in [4.78, 5) is 2.43. The van der Waals surface area contributed by atoms with E-state index in [1.165, 1.54) is 43.7 Å². The van der Waals surface area contributed by atoms with Crippen molar-refractivity contribution in [1.82, 2.24) is 0 Å². The van der Waals surface area contributed by atoms with Gasteiger partial charge < -0.3 is 9.64 Å². The van der Waals surface area contributed by atoms with Crippen LogP contribution >= 0.6 is 22.7 Å². The lowest BCUT2D eigenvalue weighted by atomic mass is 9.84. The van der Waals surface area contributed by atoms with Crippen LogP contribution in [-0.2, 0) is 5.41 Å². The number of anilines is 3. The molecule has 148 valence electrons. The van der Waals surface area contributed by atoms with Gasteiger partial charge in [-0.25, -0.2) is 0 Å². The third-order valence-electron chi connectivity index (χ3n) is 5.63. The first-order chi connectivity index (χ1) is 13.7. The first-order valence-electron chi connectivity index (χ1n) is 9.94. The molecule has 0 fully saturated rings. The van der Waals surface area contributed by atoms with Gasteiger partial charge in [-0.1, -0.05) is 55.9 Å². The summed E-state index contributed by atoms with van der Waals surface area (Å²) < 4.78 is 7.61. The number of ether oxygens (including phenoxy) is 1. The van der Waals surface area contributed by atoms with Crippen LogP contribution in [-0.4, -0.2) is 0 Å². The van der Waals surface area contributed by atoms with Crippen LogP contribution in [0, 0.1) is 20.8 Å². The van der Waals surface area contributed by atoms with Gasteiger partial charge in [0, 0.05) is 10.1 Å². The maximum Gasteiger partial charge on any atom is 0.207 e. The molecule has 0 N–H and O–H groups in total. The van der Waals surface area contributed by atoms with Crippen molar-refractivity contribution in [1.29, 1.82) is 0 Å². The molecule has 2 aromatic carbocycles. The molecule has 29 heavy (non-hydrogen) atoms. The average Bonchev–Trinajstić information content (AvgIpc) is 3.23. The number of hydrogen-bond donors (Lipinski definition) is 0. The Morgan fingerprint density at radius 3 is 2.28 bits per heavy atom. The Hall–Kier alpha value is -2.30. The van der Waals surface area contributed by atoms with E-state index in [-0.39, 0.29) is 5.41 Å². The van der Waals surface area contributed by atoms with E-state index >= 15 is 0 Å². The second-order valence-electron chi connectivity index (χ2n) is 8.98. The second-order valence-corrected chi connectivity index (χ2v) is 10.9. The fourth-order valence-electron chi connectivity index (χ4n) is 4.17. The smallest absolute Gasteiger partial charge is 0.207 e. The van der Waals surface area contributed by atoms with Gasteiger partial charge in [0.05, 0.1) is 5.69 Å². The number of fused-ring (bicyclic) bond motifs is 4. The minimum Gasteiger partial charge on any atom is -0.431 e. The van der Waals surface area contributed by atoms with Crippen molar-refractivity contribution in [2.75, 3.05) is 4.90 Å². The van der Waals surface area contributed by atoms with Crippen molar-refractivity contribution in [3.8, 4) is 10.1 Å². The molecule has 0 amide bonds. The monoisotopic (exact) mass is 419 g/mol. The van der Waals surface area contributed by atoms with Crippen LogP contribution in [0.1, 0.15) is 43.0 Å². The highest BCUT2D eigenvalue weighted by atomic mass is 32.1. The SMILES string of the molecule is Cc1ccc2sc3c(c2c1)N(c1c(C)cc(C(C)(C)C)cc1C)c1ccsc1O3. The Labute approximate surface area is 180 Å². The molecule has 4 heteroatoms. The Kier molecular flexibility index (Phi) is 4.10. The average molecular weight is 420 g/mol. The Bertz CT molecular complexity index is 1230. The number of hydrogen-bond acceptors (Lipinski definition) is 4. The summed E-state index contributed by atoms with van der Waals surface area (Å²) in [6.07, 6.45) is 0. The standard InChI is InChI=1S/C25H25NOS2/c1-14-7-8-20-18(11-14)22-24(29-20)27-23-19(9-10-28-23)26(22)21-15(2)12-17(13-16(21)3)25(4,5)6/h7-13H,1-6H3. The van der Waals surface area contributed by atoms with Gasteiger partial charge >= 0.3 is 0 Å². The van der Waals surface area contributed by atoms with E-state index in [0.29, 0.717) is 0 Å². The van der Waals surface area contributed by atoms with Crippen molar-refractivity contribution in [3.05, 3.63) is 64.0 Å². The van der Waals surface area contributed by atoms with E-state index in [1.807, 2.05) is 0 Å². The summed E-state index contributed by atoms with van der Waals surface area (Å²) in [5.74, 6) is 0. The molecule has 0 atom stereocenters. The van der Waals surface area contributed by atoms with E-state index < -0.39 is 0 Å². The van der Waals surface area contributed by atoms with Crippen LogP contribution in [0.2, 0.25) is 0 Å². The molecule has 1 aliphatic rings. The van der Waals surface area contributed by atoms with E-state index in [0.717, 1.165) is 15.8 Å². The fourth-order valence-corrected chi connectivity index (χ4v) is 5.98. The highest BCUT2D eigenvalue weighted by Crippen LogP contribution is 2.59. The number of nitrogens with zero attached hydrogens (tertiary/aromatic N) is 1. The lowest BCUT2D eigenvalue weighted by Gasteiger charge is -2.33. The maximum absolute atomic E-state index is 6.35. The zero-order valence-electron chi connectivity index (χ0n) is 17.7. The number of aryl methyl sites for hydroxylation is 3. The molecule has 0 saturated carbocycles. The Morgan fingerprint density at radius 1 is 0.862 bits per heavy atom. The lowest BCUT2D eigenvalue weighted by Crippen LogP contribution is -2.18. The van der Waals surface area contributed by atoms with E-state index in [4.69, 9.17) is 4.74 Å². The summed E-state index contributed by atoms with van der Waals surface area (Å²) in [7, 11) is 0. The molecule has 1 aliphatic heterocycles. The highest BCUT2D eigenvalue weighted by Gasteiger charge is 2.33. The second kappa shape index (κ2) is 6.35. The van der Waals surface area contributed by atoms with Gasteiger partial charge in [0.15, 0.2) is 0 Å². The molecule has 4 aromatic rings. The molecule has 0 spiro atoms. The van der Waals surface area contributed by atoms with Gasteiger partial charge in [0.2, 0.25) is 10.1 Å². The van der Waals surface area contributed by atoms with Crippen molar-refractivity contribution in [2.24, 2.45) is 0 Å². The van der Waals surface area contributed by atoms with Gasteiger partial charge in [-0.15, -0.1) is 11.3 Å². The van der Waals surface area contributed by atoms with E-state index in [9.17, 15) is 0 Å². The molecule has 0 radical (unpaired) electrons. The van der Waals surface area contributed by atoms with Gasteiger partial charge in [-0.05, 0) is 66.5 Å². The third kappa shape index (κ3) is 2.89. The minimum atomic E-state index is 0.129. The number of thiophene rings is 2. The predicted octanol–water partition coefficient (Wildman–Crippen LogP) is 8.76. The van der Waals surface area contributed by atoms with Gasteiger partial charge in [-0.2, -0.15) is 0 Å². The van der Waals surface area contributed by atoms with Crippen LogP contribution in [0.4, 0.5) is 17.1 Å². The predicted molar refractivity (Wildman–Crippen MR) is 127 cm³/mol.